The molecular formula is C82H59EuF3N4O4S2. The number of thiophene rings is 1. The molecule has 16 aromatic rings. The van der Waals surface area contributed by atoms with Crippen molar-refractivity contribution in [3.63, 3.8) is 0 Å². The molecule has 0 aliphatic carbocycles. The van der Waals surface area contributed by atoms with Crippen LogP contribution < -0.4 is 10.5 Å². The van der Waals surface area contributed by atoms with E-state index in [9.17, 15) is 22.8 Å². The van der Waals surface area contributed by atoms with Crippen LogP contribution in [0.25, 0.3) is 136 Å². The summed E-state index contributed by atoms with van der Waals surface area (Å²) >= 11 is 2.55. The van der Waals surface area contributed by atoms with Crippen LogP contribution >= 0.6 is 22.7 Å². The summed E-state index contributed by atoms with van der Waals surface area (Å²) in [6.07, 6.45) is -1.16. The number of hydrogen-bond acceptors (Lipinski definition) is 10. The third-order valence-corrected chi connectivity index (χ3v) is 18.4. The fourth-order valence-electron chi connectivity index (χ4n) is 12.1. The topological polar surface area (TPSA) is 109 Å². The monoisotopic (exact) mass is 1440 g/mol. The SMILES string of the molecule is CCN(CC)c1ccc2cc(-c3nc4ccccc4s3)c(=O)oc2c1.O=C(C=C(O)c1cccs1)C(F)(F)F.[Eu].c1ccc(-c2c3ccccc3c(-c3ccccc3)c3c(-c4ccccc4)c4ccccc4c(-c4ccccc4)c23)cc1.c1cnc2c(c1)ccc1cccnc12. The standard InChI is InChI=1S/C42H28.C20H18N2O2S.C12H8N2.C8H5F3O2S.Eu/c1-5-17-29(18-6-1)37-33-25-13-14-26-34(33)39(31-21-9-3-10-22-31)42-40(32-23-11-4-12-24-32)36-28-16-15-27-35(36)38(41(37)42)30-19-7-2-8-20-30;1-3-22(4-2)14-10-9-13-11-15(20(23)24-17(13)12-14)19-21-16-7-5-6-8-18(16)25-19;1-3-9-5-6-10-4-2-8-14-12(10)11(9)13-7-1;9-8(10,11)7(13)4-5(12)6-2-1-3-14-6;/h1-28H;5-12H,3-4H2,1-2H3;1-8H;1-4,12H;. The zero-order valence-corrected chi connectivity index (χ0v) is 56.0. The minimum Gasteiger partial charge on any atom is -0.506 e. The average molecular weight is 1440 g/mol. The maximum atomic E-state index is 12.5. The zero-order chi connectivity index (χ0) is 65.4. The van der Waals surface area contributed by atoms with E-state index in [2.05, 4.69) is 234 Å². The molecule has 0 aliphatic heterocycles. The summed E-state index contributed by atoms with van der Waals surface area (Å²) < 4.78 is 41.9. The number of anilines is 1. The Bertz CT molecular complexity index is 5110. The number of carbonyl (C=O) groups excluding carboxylic acids is 1. The van der Waals surface area contributed by atoms with Gasteiger partial charge in [0.2, 0.25) is 0 Å². The summed E-state index contributed by atoms with van der Waals surface area (Å²) in [6.45, 7) is 6.05. The molecule has 0 atom stereocenters. The van der Waals surface area contributed by atoms with Gasteiger partial charge in [-0.2, -0.15) is 13.2 Å². The second kappa shape index (κ2) is 29.9. The van der Waals surface area contributed by atoms with Crippen LogP contribution in [0.2, 0.25) is 0 Å². The third kappa shape index (κ3) is 14.0. The molecule has 14 heteroatoms. The maximum absolute atomic E-state index is 12.5. The second-order valence-corrected chi connectivity index (χ2v) is 24.2. The molecule has 471 valence electrons. The molecular weight excluding hydrogens is 1380 g/mol. The maximum Gasteiger partial charge on any atom is 0.454 e. The Morgan fingerprint density at radius 3 is 1.39 bits per heavy atom. The third-order valence-electron chi connectivity index (χ3n) is 16.5. The summed E-state index contributed by atoms with van der Waals surface area (Å²) in [7, 11) is 0. The van der Waals surface area contributed by atoms with Crippen molar-refractivity contribution in [2.75, 3.05) is 18.0 Å². The zero-order valence-electron chi connectivity index (χ0n) is 51.9. The van der Waals surface area contributed by atoms with Crippen molar-refractivity contribution in [3.8, 4) is 55.1 Å². The molecule has 5 aromatic heterocycles. The molecule has 11 aromatic carbocycles. The van der Waals surface area contributed by atoms with Gasteiger partial charge in [0, 0.05) is 109 Å². The number of benzene rings is 11. The van der Waals surface area contributed by atoms with Crippen molar-refractivity contribution in [2.45, 2.75) is 20.0 Å². The molecule has 8 nitrogen and oxygen atoms in total. The Labute approximate surface area is 600 Å². The van der Waals surface area contributed by atoms with E-state index in [4.69, 9.17) is 9.52 Å². The summed E-state index contributed by atoms with van der Waals surface area (Å²) in [5.74, 6) is -2.73. The van der Waals surface area contributed by atoms with Crippen molar-refractivity contribution >= 4 is 115 Å². The number of rotatable bonds is 10. The quantitative estimate of drug-likeness (QED) is 0.0474. The van der Waals surface area contributed by atoms with Crippen LogP contribution in [0.4, 0.5) is 18.9 Å². The minimum absolute atomic E-state index is 0. The van der Waals surface area contributed by atoms with Gasteiger partial charge in [-0.25, -0.2) is 9.78 Å². The number of halogens is 3. The van der Waals surface area contributed by atoms with E-state index in [1.54, 1.807) is 23.8 Å². The van der Waals surface area contributed by atoms with Crippen molar-refractivity contribution in [1.29, 1.82) is 0 Å². The van der Waals surface area contributed by atoms with Crippen LogP contribution in [0.3, 0.4) is 0 Å². The van der Waals surface area contributed by atoms with Crippen molar-refractivity contribution in [1.82, 2.24) is 15.0 Å². The van der Waals surface area contributed by atoms with Crippen LogP contribution in [0.5, 0.6) is 0 Å². The van der Waals surface area contributed by atoms with Gasteiger partial charge in [0.25, 0.3) is 5.78 Å². The number of hydrogen-bond donors (Lipinski definition) is 1. The van der Waals surface area contributed by atoms with Crippen LogP contribution in [-0.2, 0) is 4.79 Å². The average Bonchev–Trinajstić information content (AvgIpc) is 0.733. The normalized spacial score (nSPS) is 11.4. The summed E-state index contributed by atoms with van der Waals surface area (Å²) in [5.41, 5.74) is 14.7. The number of aromatic nitrogens is 3. The number of pyridine rings is 2. The van der Waals surface area contributed by atoms with Gasteiger partial charge in [-0.15, -0.1) is 22.7 Å². The van der Waals surface area contributed by atoms with Crippen molar-refractivity contribution < 1.29 is 76.9 Å². The summed E-state index contributed by atoms with van der Waals surface area (Å²) in [6, 6.07) is 92.5. The first-order valence-electron chi connectivity index (χ1n) is 30.9. The molecule has 16 rings (SSSR count). The van der Waals surface area contributed by atoms with Gasteiger partial charge in [-0.3, -0.25) is 14.8 Å². The number of allylic oxidation sites excluding steroid dienone is 1. The molecule has 0 unspecified atom stereocenters. The van der Waals surface area contributed by atoms with Crippen LogP contribution in [-0.4, -0.2) is 45.1 Å². The molecule has 96 heavy (non-hydrogen) atoms. The van der Waals surface area contributed by atoms with E-state index in [0.29, 0.717) is 16.2 Å². The fourth-order valence-corrected chi connectivity index (χ4v) is 13.8. The van der Waals surface area contributed by atoms with E-state index in [1.165, 1.54) is 94.2 Å². The Balaban J connectivity index is 0.000000137. The van der Waals surface area contributed by atoms with E-state index in [0.717, 1.165) is 67.5 Å². The van der Waals surface area contributed by atoms with Crippen LogP contribution in [0, 0.1) is 49.4 Å². The van der Waals surface area contributed by atoms with Gasteiger partial charge in [0.15, 0.2) is 0 Å². The van der Waals surface area contributed by atoms with Gasteiger partial charge >= 0.3 is 11.8 Å². The first-order chi connectivity index (χ1) is 46.4. The Morgan fingerprint density at radius 1 is 0.521 bits per heavy atom. The largest absolute Gasteiger partial charge is 0.506 e. The number of thiazole rings is 1. The Kier molecular flexibility index (Phi) is 20.6. The molecule has 5 heterocycles. The molecule has 1 radical (unpaired) electrons. The number of carbonyl (C=O) groups is 1. The Hall–Kier alpha value is -9.80. The molecule has 0 bridgehead atoms. The van der Waals surface area contributed by atoms with Gasteiger partial charge in [0.05, 0.1) is 31.7 Å². The smallest absolute Gasteiger partial charge is 0.454 e. The number of alkyl halides is 3. The van der Waals surface area contributed by atoms with E-state index in [-0.39, 0.29) is 66.0 Å². The van der Waals surface area contributed by atoms with E-state index in [1.807, 2.05) is 54.6 Å². The molecule has 0 spiro atoms. The van der Waals surface area contributed by atoms with Gasteiger partial charge < -0.3 is 14.4 Å². The number of nitrogens with zero attached hydrogens (tertiary/aromatic N) is 4. The fraction of sp³-hybridized carbons (Fsp3) is 0.0610. The predicted octanol–water partition coefficient (Wildman–Crippen LogP) is 22.3. The van der Waals surface area contributed by atoms with E-state index < -0.39 is 17.7 Å². The van der Waals surface area contributed by atoms with Gasteiger partial charge in [-0.05, 0) is 145 Å². The van der Waals surface area contributed by atoms with Crippen LogP contribution in [0.1, 0.15) is 18.7 Å². The predicted molar refractivity (Wildman–Crippen MR) is 388 cm³/mol. The molecule has 0 fully saturated rings. The summed E-state index contributed by atoms with van der Waals surface area (Å²) in [4.78, 5) is 38.6. The van der Waals surface area contributed by atoms with Crippen molar-refractivity contribution in [3.05, 3.63) is 306 Å². The number of fused-ring (bicyclic) bond motifs is 8. The first-order valence-corrected chi connectivity index (χ1v) is 32.6. The number of para-hydroxylation sites is 1. The summed E-state index contributed by atoms with van der Waals surface area (Å²) in [5, 5.41) is 22.2. The number of ketones is 1. The number of aliphatic hydroxyl groups excluding tert-OH is 1. The minimum atomic E-state index is -4.94. The van der Waals surface area contributed by atoms with Crippen molar-refractivity contribution in [2.24, 2.45) is 0 Å². The molecule has 1 N–H and O–H groups in total. The molecule has 0 amide bonds. The molecule has 0 saturated heterocycles. The molecule has 0 saturated carbocycles. The molecule has 0 aliphatic rings. The van der Waals surface area contributed by atoms with Gasteiger partial charge in [-0.1, -0.05) is 212 Å². The van der Waals surface area contributed by atoms with Gasteiger partial charge in [0.1, 0.15) is 16.3 Å². The van der Waals surface area contributed by atoms with Crippen LogP contribution in [0.15, 0.2) is 300 Å². The second-order valence-electron chi connectivity index (χ2n) is 22.2. The van der Waals surface area contributed by atoms with E-state index >= 15 is 0 Å². The number of aliphatic hydroxyl groups is 1. The first kappa shape index (κ1) is 66.2. The Morgan fingerprint density at radius 2 is 0.958 bits per heavy atom.